The van der Waals surface area contributed by atoms with Gasteiger partial charge in [0.15, 0.2) is 5.11 Å². The van der Waals surface area contributed by atoms with Crippen LogP contribution in [0.25, 0.3) is 0 Å². The van der Waals surface area contributed by atoms with Gasteiger partial charge in [-0.15, -0.1) is 0 Å². The summed E-state index contributed by atoms with van der Waals surface area (Å²) in [5.74, 6) is 0.531. The van der Waals surface area contributed by atoms with Gasteiger partial charge in [-0.05, 0) is 42.0 Å². The van der Waals surface area contributed by atoms with Gasteiger partial charge >= 0.3 is 0 Å². The Kier molecular flexibility index (Phi) is 6.98. The van der Waals surface area contributed by atoms with Crippen molar-refractivity contribution in [3.05, 3.63) is 59.9 Å². The van der Waals surface area contributed by atoms with Crippen LogP contribution < -0.4 is 15.4 Å². The number of nitrogens with zero attached hydrogens (tertiary/aromatic N) is 1. The fourth-order valence-electron chi connectivity index (χ4n) is 3.10. The van der Waals surface area contributed by atoms with E-state index in [0.717, 1.165) is 30.1 Å². The lowest BCUT2D eigenvalue weighted by Crippen LogP contribution is -2.44. The number of anilines is 1. The van der Waals surface area contributed by atoms with Crippen LogP contribution in [0, 0.1) is 5.82 Å². The van der Waals surface area contributed by atoms with Crippen LogP contribution in [0.3, 0.4) is 0 Å². The lowest BCUT2D eigenvalue weighted by molar-refractivity contribution is 0.0170. The molecule has 0 spiro atoms. The molecule has 0 aromatic heterocycles. The molecule has 0 unspecified atom stereocenters. The highest BCUT2D eigenvalue weighted by atomic mass is 32.1. The zero-order valence-electron chi connectivity index (χ0n) is 15.3. The molecule has 3 rings (SSSR count). The Morgan fingerprint density at radius 2 is 1.96 bits per heavy atom. The number of nitrogens with one attached hydrogen (secondary N) is 2. The molecule has 0 bridgehead atoms. The summed E-state index contributed by atoms with van der Waals surface area (Å²) >= 11 is 5.44. The zero-order valence-corrected chi connectivity index (χ0v) is 16.1. The first kappa shape index (κ1) is 19.5. The minimum Gasteiger partial charge on any atom is -0.497 e. The van der Waals surface area contributed by atoms with Crippen LogP contribution in [-0.4, -0.2) is 50.0 Å². The van der Waals surface area contributed by atoms with Gasteiger partial charge in [-0.1, -0.05) is 18.2 Å². The molecule has 1 aliphatic rings. The van der Waals surface area contributed by atoms with E-state index in [2.05, 4.69) is 15.5 Å². The maximum atomic E-state index is 13.3. The van der Waals surface area contributed by atoms with Gasteiger partial charge in [-0.25, -0.2) is 4.39 Å². The van der Waals surface area contributed by atoms with Crippen molar-refractivity contribution in [2.45, 2.75) is 6.04 Å². The monoisotopic (exact) mass is 389 g/mol. The summed E-state index contributed by atoms with van der Waals surface area (Å²) in [6.07, 6.45) is 0. The minimum absolute atomic E-state index is 0.0829. The van der Waals surface area contributed by atoms with E-state index in [4.69, 9.17) is 21.7 Å². The first-order valence-corrected chi connectivity index (χ1v) is 9.32. The van der Waals surface area contributed by atoms with E-state index in [9.17, 15) is 4.39 Å². The molecular formula is C20H24FN3O2S. The van der Waals surface area contributed by atoms with E-state index in [-0.39, 0.29) is 11.9 Å². The largest absolute Gasteiger partial charge is 0.497 e. The third-order valence-corrected chi connectivity index (χ3v) is 4.77. The number of rotatable bonds is 6. The second kappa shape index (κ2) is 9.64. The predicted molar refractivity (Wildman–Crippen MR) is 109 cm³/mol. The summed E-state index contributed by atoms with van der Waals surface area (Å²) < 4.78 is 24.0. The number of benzene rings is 2. The first-order chi connectivity index (χ1) is 13.2. The van der Waals surface area contributed by atoms with Crippen molar-refractivity contribution in [2.75, 3.05) is 45.3 Å². The van der Waals surface area contributed by atoms with E-state index in [1.807, 2.05) is 36.4 Å². The van der Waals surface area contributed by atoms with Crippen LogP contribution in [-0.2, 0) is 4.74 Å². The summed E-state index contributed by atoms with van der Waals surface area (Å²) in [4.78, 5) is 2.33. The number of hydrogen-bond donors (Lipinski definition) is 2. The summed E-state index contributed by atoms with van der Waals surface area (Å²) in [6, 6.07) is 14.3. The predicted octanol–water partition coefficient (Wildman–Crippen LogP) is 3.19. The van der Waals surface area contributed by atoms with Gasteiger partial charge in [0.1, 0.15) is 11.6 Å². The Bertz CT molecular complexity index is 751. The van der Waals surface area contributed by atoms with Crippen molar-refractivity contribution in [2.24, 2.45) is 0 Å². The Morgan fingerprint density at radius 3 is 2.67 bits per heavy atom. The third-order valence-electron chi connectivity index (χ3n) is 4.52. The first-order valence-electron chi connectivity index (χ1n) is 8.92. The van der Waals surface area contributed by atoms with Gasteiger partial charge in [-0.3, -0.25) is 4.90 Å². The SMILES string of the molecule is COc1cccc(NC(=S)NC[C@@H](c2ccc(F)cc2)N2CCOCC2)c1. The zero-order chi connectivity index (χ0) is 19.1. The van der Waals surface area contributed by atoms with E-state index in [1.165, 1.54) is 12.1 Å². The molecule has 2 aromatic carbocycles. The number of hydrogen-bond acceptors (Lipinski definition) is 4. The van der Waals surface area contributed by atoms with Gasteiger partial charge in [0, 0.05) is 31.4 Å². The molecule has 2 aromatic rings. The highest BCUT2D eigenvalue weighted by Crippen LogP contribution is 2.22. The summed E-state index contributed by atoms with van der Waals surface area (Å²) in [5.41, 5.74) is 1.91. The Balaban J connectivity index is 1.64. The van der Waals surface area contributed by atoms with Crippen molar-refractivity contribution in [3.8, 4) is 5.75 Å². The molecule has 7 heteroatoms. The normalized spacial score (nSPS) is 15.8. The molecule has 1 heterocycles. The minimum atomic E-state index is -0.234. The summed E-state index contributed by atoms with van der Waals surface area (Å²) in [5, 5.41) is 6.99. The molecular weight excluding hydrogens is 365 g/mol. The smallest absolute Gasteiger partial charge is 0.170 e. The van der Waals surface area contributed by atoms with Crippen LogP contribution in [0.2, 0.25) is 0 Å². The Morgan fingerprint density at radius 1 is 1.22 bits per heavy atom. The molecule has 144 valence electrons. The second-order valence-electron chi connectivity index (χ2n) is 6.28. The maximum Gasteiger partial charge on any atom is 0.170 e. The fourth-order valence-corrected chi connectivity index (χ4v) is 3.30. The van der Waals surface area contributed by atoms with Gasteiger partial charge in [0.05, 0.1) is 26.4 Å². The molecule has 1 atom stereocenters. The molecule has 1 aliphatic heterocycles. The number of methoxy groups -OCH3 is 1. The Labute approximate surface area is 164 Å². The number of halogens is 1. The summed E-state index contributed by atoms with van der Waals surface area (Å²) in [7, 11) is 1.63. The maximum absolute atomic E-state index is 13.3. The van der Waals surface area contributed by atoms with Crippen LogP contribution in [0.4, 0.5) is 10.1 Å². The van der Waals surface area contributed by atoms with E-state index < -0.39 is 0 Å². The van der Waals surface area contributed by atoms with Crippen molar-refractivity contribution in [1.29, 1.82) is 0 Å². The standard InChI is InChI=1S/C20H24FN3O2S/c1-25-18-4-2-3-17(13-18)23-20(27)22-14-19(24-9-11-26-12-10-24)15-5-7-16(21)8-6-15/h2-8,13,19H,9-12,14H2,1H3,(H2,22,23,27)/t19-/m0/s1. The molecule has 0 saturated carbocycles. The number of ether oxygens (including phenoxy) is 2. The lowest BCUT2D eigenvalue weighted by atomic mass is 10.0. The Hall–Kier alpha value is -2.22. The van der Waals surface area contributed by atoms with Gasteiger partial charge in [0.25, 0.3) is 0 Å². The van der Waals surface area contributed by atoms with Crippen LogP contribution in [0.15, 0.2) is 48.5 Å². The molecule has 0 amide bonds. The van der Waals surface area contributed by atoms with Crippen LogP contribution in [0.1, 0.15) is 11.6 Å². The van der Waals surface area contributed by atoms with Crippen molar-refractivity contribution in [3.63, 3.8) is 0 Å². The van der Waals surface area contributed by atoms with Crippen LogP contribution in [0.5, 0.6) is 5.75 Å². The molecule has 0 aliphatic carbocycles. The summed E-state index contributed by atoms with van der Waals surface area (Å²) in [6.45, 7) is 3.68. The molecule has 27 heavy (non-hydrogen) atoms. The van der Waals surface area contributed by atoms with Gasteiger partial charge in [-0.2, -0.15) is 0 Å². The van der Waals surface area contributed by atoms with E-state index in [1.54, 1.807) is 7.11 Å². The lowest BCUT2D eigenvalue weighted by Gasteiger charge is -2.35. The topological polar surface area (TPSA) is 45.8 Å². The molecule has 1 fully saturated rings. The fraction of sp³-hybridized carbons (Fsp3) is 0.350. The van der Waals surface area contributed by atoms with Crippen LogP contribution >= 0.6 is 12.2 Å². The van der Waals surface area contributed by atoms with Crippen molar-refractivity contribution < 1.29 is 13.9 Å². The highest BCUT2D eigenvalue weighted by Gasteiger charge is 2.22. The van der Waals surface area contributed by atoms with E-state index >= 15 is 0 Å². The quantitative estimate of drug-likeness (QED) is 0.740. The number of morpholine rings is 1. The van der Waals surface area contributed by atoms with Crippen molar-refractivity contribution in [1.82, 2.24) is 10.2 Å². The average molecular weight is 389 g/mol. The number of thiocarbonyl (C=S) groups is 1. The van der Waals surface area contributed by atoms with E-state index in [0.29, 0.717) is 24.9 Å². The molecule has 5 nitrogen and oxygen atoms in total. The average Bonchev–Trinajstić information content (AvgIpc) is 2.70. The molecule has 2 N–H and O–H groups in total. The van der Waals surface area contributed by atoms with Gasteiger partial charge < -0.3 is 20.1 Å². The highest BCUT2D eigenvalue weighted by molar-refractivity contribution is 7.80. The molecule has 1 saturated heterocycles. The van der Waals surface area contributed by atoms with Crippen molar-refractivity contribution >= 4 is 23.0 Å². The third kappa shape index (κ3) is 5.63. The second-order valence-corrected chi connectivity index (χ2v) is 6.69. The molecule has 0 radical (unpaired) electrons. The van der Waals surface area contributed by atoms with Gasteiger partial charge in [0.2, 0.25) is 0 Å².